The lowest BCUT2D eigenvalue weighted by atomic mass is 10.2. The van der Waals surface area contributed by atoms with E-state index in [0.717, 1.165) is 27.0 Å². The van der Waals surface area contributed by atoms with Crippen LogP contribution in [0.15, 0.2) is 59.2 Å². The topological polar surface area (TPSA) is 66.9 Å². The summed E-state index contributed by atoms with van der Waals surface area (Å²) in [4.78, 5) is 20.8. The summed E-state index contributed by atoms with van der Waals surface area (Å²) in [5.74, 6) is 0.0818. The Hall–Kier alpha value is -2.73. The van der Waals surface area contributed by atoms with Gasteiger partial charge in [-0.25, -0.2) is 9.97 Å². The van der Waals surface area contributed by atoms with Crippen LogP contribution in [-0.4, -0.2) is 15.9 Å². The normalized spacial score (nSPS) is 10.4. The molecular formula is C19H17BrN4O. The number of carbonyl (C=O) groups excluding carboxylic acids is 1. The van der Waals surface area contributed by atoms with Gasteiger partial charge in [0.15, 0.2) is 0 Å². The maximum atomic E-state index is 12.4. The van der Waals surface area contributed by atoms with Crippen molar-refractivity contribution < 1.29 is 4.79 Å². The van der Waals surface area contributed by atoms with Gasteiger partial charge in [0, 0.05) is 16.4 Å². The molecule has 0 saturated heterocycles. The molecule has 5 nitrogen and oxygen atoms in total. The lowest BCUT2D eigenvalue weighted by Crippen LogP contribution is -2.14. The Kier molecular flexibility index (Phi) is 5.09. The van der Waals surface area contributed by atoms with E-state index in [1.165, 1.54) is 0 Å². The molecule has 0 bridgehead atoms. The number of carbonyl (C=O) groups is 1. The fraction of sp³-hybridized carbons (Fsp3) is 0.105. The van der Waals surface area contributed by atoms with Crippen LogP contribution in [0.1, 0.15) is 21.6 Å². The number of rotatable bonds is 4. The van der Waals surface area contributed by atoms with Gasteiger partial charge in [0.25, 0.3) is 5.91 Å². The van der Waals surface area contributed by atoms with Crippen molar-refractivity contribution in [3.8, 4) is 0 Å². The van der Waals surface area contributed by atoms with E-state index in [2.05, 4.69) is 36.5 Å². The number of nitrogens with zero attached hydrogens (tertiary/aromatic N) is 2. The Labute approximate surface area is 154 Å². The third-order valence-electron chi connectivity index (χ3n) is 3.57. The second-order valence-corrected chi connectivity index (χ2v) is 6.55. The van der Waals surface area contributed by atoms with Gasteiger partial charge in [-0.15, -0.1) is 0 Å². The van der Waals surface area contributed by atoms with E-state index in [4.69, 9.17) is 0 Å². The Balaban J connectivity index is 1.76. The van der Waals surface area contributed by atoms with Crippen molar-refractivity contribution in [2.45, 2.75) is 13.8 Å². The minimum atomic E-state index is -0.280. The molecule has 0 aliphatic heterocycles. The summed E-state index contributed by atoms with van der Waals surface area (Å²) in [7, 11) is 0. The summed E-state index contributed by atoms with van der Waals surface area (Å²) in [6.45, 7) is 4.01. The first-order valence-corrected chi connectivity index (χ1v) is 8.55. The molecule has 0 radical (unpaired) electrons. The minimum Gasteiger partial charge on any atom is -0.323 e. The first-order chi connectivity index (χ1) is 12.0. The number of aryl methyl sites for hydroxylation is 2. The zero-order valence-electron chi connectivity index (χ0n) is 13.9. The van der Waals surface area contributed by atoms with Gasteiger partial charge in [0.05, 0.1) is 5.69 Å². The fourth-order valence-electron chi connectivity index (χ4n) is 2.22. The second kappa shape index (κ2) is 7.44. The first-order valence-electron chi connectivity index (χ1n) is 7.75. The number of hydrogen-bond acceptors (Lipinski definition) is 4. The van der Waals surface area contributed by atoms with E-state index in [1.54, 1.807) is 12.3 Å². The predicted octanol–water partition coefficient (Wildman–Crippen LogP) is 4.85. The quantitative estimate of drug-likeness (QED) is 0.661. The molecule has 0 atom stereocenters. The molecule has 1 heterocycles. The Morgan fingerprint density at radius 1 is 1.00 bits per heavy atom. The Bertz CT molecular complexity index is 910. The van der Waals surface area contributed by atoms with Crippen molar-refractivity contribution in [1.29, 1.82) is 0 Å². The summed E-state index contributed by atoms with van der Waals surface area (Å²) in [5.41, 5.74) is 4.13. The molecule has 2 N–H and O–H groups in total. The maximum Gasteiger partial charge on any atom is 0.274 e. The highest BCUT2D eigenvalue weighted by atomic mass is 79.9. The lowest BCUT2D eigenvalue weighted by Gasteiger charge is -2.09. The molecule has 0 aliphatic carbocycles. The highest BCUT2D eigenvalue weighted by Crippen LogP contribution is 2.25. The van der Waals surface area contributed by atoms with Crippen molar-refractivity contribution in [3.63, 3.8) is 0 Å². The summed E-state index contributed by atoms with van der Waals surface area (Å²) < 4.78 is 0.908. The smallest absolute Gasteiger partial charge is 0.274 e. The number of nitrogens with one attached hydrogen (secondary N) is 2. The molecule has 0 unspecified atom stereocenters. The monoisotopic (exact) mass is 396 g/mol. The molecule has 25 heavy (non-hydrogen) atoms. The first kappa shape index (κ1) is 17.1. The van der Waals surface area contributed by atoms with E-state index < -0.39 is 0 Å². The van der Waals surface area contributed by atoms with Crippen LogP contribution in [0.25, 0.3) is 0 Å². The van der Waals surface area contributed by atoms with Gasteiger partial charge in [-0.1, -0.05) is 23.8 Å². The summed E-state index contributed by atoms with van der Waals surface area (Å²) in [5, 5.41) is 5.95. The van der Waals surface area contributed by atoms with Gasteiger partial charge in [-0.05, 0) is 65.7 Å². The highest BCUT2D eigenvalue weighted by Gasteiger charge is 2.10. The van der Waals surface area contributed by atoms with Crippen LogP contribution >= 0.6 is 15.9 Å². The van der Waals surface area contributed by atoms with Crippen LogP contribution in [0.3, 0.4) is 0 Å². The van der Waals surface area contributed by atoms with Crippen molar-refractivity contribution in [2.75, 3.05) is 10.6 Å². The standard InChI is InChI=1S/C19H17BrN4O/c1-12-3-6-14(7-4-12)22-18(25)17-9-10-21-19(24-17)23-16-8-5-13(2)11-15(16)20/h3-11H,1-2H3,(H,22,25)(H,21,23,24). The summed E-state index contributed by atoms with van der Waals surface area (Å²) in [6, 6.07) is 15.1. The fourth-order valence-corrected chi connectivity index (χ4v) is 2.81. The minimum absolute atomic E-state index is 0.280. The lowest BCUT2D eigenvalue weighted by molar-refractivity contribution is 0.102. The Morgan fingerprint density at radius 2 is 1.72 bits per heavy atom. The molecule has 6 heteroatoms. The van der Waals surface area contributed by atoms with Crippen LogP contribution in [0, 0.1) is 13.8 Å². The molecule has 126 valence electrons. The highest BCUT2D eigenvalue weighted by molar-refractivity contribution is 9.10. The van der Waals surface area contributed by atoms with Crippen LogP contribution in [-0.2, 0) is 0 Å². The van der Waals surface area contributed by atoms with E-state index >= 15 is 0 Å². The third kappa shape index (κ3) is 4.42. The molecule has 1 aromatic heterocycles. The zero-order chi connectivity index (χ0) is 17.8. The number of hydrogen-bond donors (Lipinski definition) is 2. The number of benzene rings is 2. The molecule has 3 aromatic rings. The van der Waals surface area contributed by atoms with Gasteiger partial charge < -0.3 is 10.6 Å². The van der Waals surface area contributed by atoms with E-state index in [-0.39, 0.29) is 5.91 Å². The van der Waals surface area contributed by atoms with Crippen LogP contribution in [0.4, 0.5) is 17.3 Å². The van der Waals surface area contributed by atoms with Crippen molar-refractivity contribution in [1.82, 2.24) is 9.97 Å². The maximum absolute atomic E-state index is 12.4. The largest absolute Gasteiger partial charge is 0.323 e. The number of halogens is 1. The Morgan fingerprint density at radius 3 is 2.44 bits per heavy atom. The third-order valence-corrected chi connectivity index (χ3v) is 4.22. The molecular weight excluding hydrogens is 380 g/mol. The van der Waals surface area contributed by atoms with Gasteiger partial charge in [0.1, 0.15) is 5.69 Å². The van der Waals surface area contributed by atoms with Gasteiger partial charge in [-0.2, -0.15) is 0 Å². The molecule has 0 saturated carbocycles. The van der Waals surface area contributed by atoms with E-state index in [0.29, 0.717) is 11.6 Å². The summed E-state index contributed by atoms with van der Waals surface area (Å²) in [6.07, 6.45) is 1.56. The number of anilines is 3. The molecule has 0 spiro atoms. The SMILES string of the molecule is Cc1ccc(NC(=O)c2ccnc(Nc3ccc(C)cc3Br)n2)cc1. The van der Waals surface area contributed by atoms with Crippen molar-refractivity contribution >= 4 is 39.2 Å². The van der Waals surface area contributed by atoms with E-state index in [9.17, 15) is 4.79 Å². The molecule has 3 rings (SSSR count). The van der Waals surface area contributed by atoms with Gasteiger partial charge in [0.2, 0.25) is 5.95 Å². The van der Waals surface area contributed by atoms with Crippen molar-refractivity contribution in [2.24, 2.45) is 0 Å². The van der Waals surface area contributed by atoms with Crippen molar-refractivity contribution in [3.05, 3.63) is 76.0 Å². The molecule has 2 aromatic carbocycles. The predicted molar refractivity (Wildman–Crippen MR) is 103 cm³/mol. The average molecular weight is 397 g/mol. The molecule has 0 aliphatic rings. The van der Waals surface area contributed by atoms with Crippen LogP contribution in [0.2, 0.25) is 0 Å². The van der Waals surface area contributed by atoms with Gasteiger partial charge >= 0.3 is 0 Å². The van der Waals surface area contributed by atoms with Crippen LogP contribution in [0.5, 0.6) is 0 Å². The number of amides is 1. The molecule has 1 amide bonds. The second-order valence-electron chi connectivity index (χ2n) is 5.69. The summed E-state index contributed by atoms with van der Waals surface area (Å²) >= 11 is 3.50. The number of aromatic nitrogens is 2. The van der Waals surface area contributed by atoms with E-state index in [1.807, 2.05) is 56.3 Å². The zero-order valence-corrected chi connectivity index (χ0v) is 15.5. The average Bonchev–Trinajstić information content (AvgIpc) is 2.60. The van der Waals surface area contributed by atoms with Gasteiger partial charge in [-0.3, -0.25) is 4.79 Å². The van der Waals surface area contributed by atoms with Crippen LogP contribution < -0.4 is 10.6 Å². The molecule has 0 fully saturated rings.